The first kappa shape index (κ1) is 15.7. The Labute approximate surface area is 156 Å². The summed E-state index contributed by atoms with van der Waals surface area (Å²) in [5.41, 5.74) is 4.10. The zero-order chi connectivity index (χ0) is 18.4. The van der Waals surface area contributed by atoms with Gasteiger partial charge in [0.15, 0.2) is 17.7 Å². The SMILES string of the molecule is Cc1ccc(N2C(=O)c3cccnc3[C@H]2Nc2ccc3c(c2)OCO3)cc1. The molecule has 1 atom stereocenters. The summed E-state index contributed by atoms with van der Waals surface area (Å²) in [6, 6.07) is 17.1. The van der Waals surface area contributed by atoms with Gasteiger partial charge in [-0.25, -0.2) is 0 Å². The van der Waals surface area contributed by atoms with Gasteiger partial charge in [-0.2, -0.15) is 0 Å². The average Bonchev–Trinajstić information content (AvgIpc) is 3.26. The van der Waals surface area contributed by atoms with E-state index < -0.39 is 6.17 Å². The van der Waals surface area contributed by atoms with Gasteiger partial charge in [0.2, 0.25) is 6.79 Å². The van der Waals surface area contributed by atoms with Crippen LogP contribution in [0.25, 0.3) is 0 Å². The van der Waals surface area contributed by atoms with Gasteiger partial charge >= 0.3 is 0 Å². The number of pyridine rings is 1. The number of fused-ring (bicyclic) bond motifs is 2. The molecule has 1 amide bonds. The second kappa shape index (κ2) is 6.02. The van der Waals surface area contributed by atoms with Crippen molar-refractivity contribution in [2.75, 3.05) is 17.0 Å². The summed E-state index contributed by atoms with van der Waals surface area (Å²) in [4.78, 5) is 19.3. The minimum Gasteiger partial charge on any atom is -0.454 e. The summed E-state index contributed by atoms with van der Waals surface area (Å²) in [5, 5.41) is 3.43. The lowest BCUT2D eigenvalue weighted by Gasteiger charge is -2.26. The summed E-state index contributed by atoms with van der Waals surface area (Å²) < 4.78 is 10.8. The molecule has 0 radical (unpaired) electrons. The van der Waals surface area contributed by atoms with Crippen LogP contribution in [0.4, 0.5) is 11.4 Å². The largest absolute Gasteiger partial charge is 0.454 e. The van der Waals surface area contributed by atoms with Gasteiger partial charge in [-0.05, 0) is 43.3 Å². The molecule has 0 aliphatic carbocycles. The van der Waals surface area contributed by atoms with E-state index in [0.29, 0.717) is 17.0 Å². The van der Waals surface area contributed by atoms with Crippen LogP contribution in [-0.2, 0) is 0 Å². The Bertz CT molecular complexity index is 1030. The summed E-state index contributed by atoms with van der Waals surface area (Å²) >= 11 is 0. The molecule has 3 heterocycles. The van der Waals surface area contributed by atoms with Crippen molar-refractivity contribution in [1.82, 2.24) is 4.98 Å². The van der Waals surface area contributed by atoms with Gasteiger partial charge in [0, 0.05) is 23.6 Å². The van der Waals surface area contributed by atoms with Crippen LogP contribution in [0.3, 0.4) is 0 Å². The maximum Gasteiger partial charge on any atom is 0.262 e. The highest BCUT2D eigenvalue weighted by Gasteiger charge is 2.39. The standard InChI is InChI=1S/C21H17N3O3/c1-13-4-7-15(8-5-13)24-20(19-16(21(24)25)3-2-10-22-19)23-14-6-9-17-18(11-14)27-12-26-17/h2-11,20,23H,12H2,1H3/t20-/m0/s1. The van der Waals surface area contributed by atoms with Crippen molar-refractivity contribution in [1.29, 1.82) is 0 Å². The molecule has 0 saturated heterocycles. The third kappa shape index (κ3) is 2.57. The summed E-state index contributed by atoms with van der Waals surface area (Å²) in [5.74, 6) is 1.34. The van der Waals surface area contributed by atoms with Crippen molar-refractivity contribution in [3.8, 4) is 11.5 Å². The Balaban J connectivity index is 1.56. The molecule has 2 aliphatic heterocycles. The lowest BCUT2D eigenvalue weighted by molar-refractivity contribution is 0.0993. The van der Waals surface area contributed by atoms with E-state index in [4.69, 9.17) is 9.47 Å². The van der Waals surface area contributed by atoms with Crippen LogP contribution in [0.5, 0.6) is 11.5 Å². The molecule has 0 fully saturated rings. The fourth-order valence-corrected chi connectivity index (χ4v) is 3.43. The Morgan fingerprint density at radius 2 is 1.89 bits per heavy atom. The predicted molar refractivity (Wildman–Crippen MR) is 101 cm³/mol. The Kier molecular flexibility index (Phi) is 3.50. The molecule has 27 heavy (non-hydrogen) atoms. The van der Waals surface area contributed by atoms with Crippen LogP contribution < -0.4 is 19.7 Å². The molecule has 0 saturated carbocycles. The number of nitrogens with zero attached hydrogens (tertiary/aromatic N) is 2. The molecule has 0 unspecified atom stereocenters. The number of aromatic nitrogens is 1. The van der Waals surface area contributed by atoms with E-state index in [1.807, 2.05) is 55.5 Å². The second-order valence-electron chi connectivity index (χ2n) is 6.56. The highest BCUT2D eigenvalue weighted by Crippen LogP contribution is 2.39. The minimum atomic E-state index is -0.406. The van der Waals surface area contributed by atoms with Crippen LogP contribution >= 0.6 is 0 Å². The molecule has 3 aromatic rings. The maximum absolute atomic E-state index is 13.1. The Morgan fingerprint density at radius 3 is 2.74 bits per heavy atom. The molecule has 0 spiro atoms. The van der Waals surface area contributed by atoms with E-state index in [-0.39, 0.29) is 12.7 Å². The fourth-order valence-electron chi connectivity index (χ4n) is 3.43. The molecule has 6 heteroatoms. The van der Waals surface area contributed by atoms with E-state index in [0.717, 1.165) is 22.7 Å². The van der Waals surface area contributed by atoms with Crippen LogP contribution in [0.2, 0.25) is 0 Å². The minimum absolute atomic E-state index is 0.0693. The topological polar surface area (TPSA) is 63.7 Å². The van der Waals surface area contributed by atoms with Gasteiger partial charge in [-0.15, -0.1) is 0 Å². The lowest BCUT2D eigenvalue weighted by atomic mass is 10.2. The van der Waals surface area contributed by atoms with Crippen molar-refractivity contribution < 1.29 is 14.3 Å². The van der Waals surface area contributed by atoms with E-state index in [9.17, 15) is 4.79 Å². The first-order valence-electron chi connectivity index (χ1n) is 8.72. The number of nitrogens with one attached hydrogen (secondary N) is 1. The molecular formula is C21H17N3O3. The van der Waals surface area contributed by atoms with Gasteiger partial charge in [-0.1, -0.05) is 17.7 Å². The maximum atomic E-state index is 13.1. The number of carbonyl (C=O) groups excluding carboxylic acids is 1. The van der Waals surface area contributed by atoms with Crippen molar-refractivity contribution in [3.63, 3.8) is 0 Å². The first-order chi connectivity index (χ1) is 13.2. The molecule has 0 bridgehead atoms. The van der Waals surface area contributed by atoms with E-state index in [1.54, 1.807) is 17.2 Å². The lowest BCUT2D eigenvalue weighted by Crippen LogP contribution is -2.32. The number of amides is 1. The third-order valence-corrected chi connectivity index (χ3v) is 4.79. The average molecular weight is 359 g/mol. The number of rotatable bonds is 3. The van der Waals surface area contributed by atoms with Crippen LogP contribution in [0.1, 0.15) is 27.8 Å². The second-order valence-corrected chi connectivity index (χ2v) is 6.56. The number of hydrogen-bond donors (Lipinski definition) is 1. The molecule has 6 nitrogen and oxygen atoms in total. The van der Waals surface area contributed by atoms with Crippen molar-refractivity contribution in [2.24, 2.45) is 0 Å². The molecular weight excluding hydrogens is 342 g/mol. The summed E-state index contributed by atoms with van der Waals surface area (Å²) in [6.45, 7) is 2.24. The zero-order valence-electron chi connectivity index (χ0n) is 14.7. The number of ether oxygens (including phenoxy) is 2. The number of anilines is 2. The highest BCUT2D eigenvalue weighted by atomic mass is 16.7. The number of carbonyl (C=O) groups is 1. The highest BCUT2D eigenvalue weighted by molar-refractivity contribution is 6.11. The monoisotopic (exact) mass is 359 g/mol. The smallest absolute Gasteiger partial charge is 0.262 e. The predicted octanol–water partition coefficient (Wildman–Crippen LogP) is 3.89. The Hall–Kier alpha value is -3.54. The molecule has 5 rings (SSSR count). The molecule has 2 aromatic carbocycles. The Morgan fingerprint density at radius 1 is 1.07 bits per heavy atom. The third-order valence-electron chi connectivity index (χ3n) is 4.79. The van der Waals surface area contributed by atoms with Gasteiger partial charge in [-0.3, -0.25) is 14.7 Å². The van der Waals surface area contributed by atoms with Crippen LogP contribution in [-0.4, -0.2) is 17.7 Å². The first-order valence-corrected chi connectivity index (χ1v) is 8.72. The van der Waals surface area contributed by atoms with E-state index >= 15 is 0 Å². The normalized spacial score (nSPS) is 17.1. The van der Waals surface area contributed by atoms with Crippen LogP contribution in [0, 0.1) is 6.92 Å². The van der Waals surface area contributed by atoms with E-state index in [1.165, 1.54) is 0 Å². The quantitative estimate of drug-likeness (QED) is 0.769. The molecule has 2 aliphatic rings. The zero-order valence-corrected chi connectivity index (χ0v) is 14.7. The molecule has 1 aromatic heterocycles. The van der Waals surface area contributed by atoms with Gasteiger partial charge in [0.05, 0.1) is 11.3 Å². The van der Waals surface area contributed by atoms with Gasteiger partial charge in [0.25, 0.3) is 5.91 Å². The molecule has 134 valence electrons. The van der Waals surface area contributed by atoms with E-state index in [2.05, 4.69) is 10.3 Å². The van der Waals surface area contributed by atoms with Gasteiger partial charge < -0.3 is 14.8 Å². The fraction of sp³-hybridized carbons (Fsp3) is 0.143. The van der Waals surface area contributed by atoms with Gasteiger partial charge in [0.1, 0.15) is 0 Å². The summed E-state index contributed by atoms with van der Waals surface area (Å²) in [7, 11) is 0. The van der Waals surface area contributed by atoms with Crippen molar-refractivity contribution in [2.45, 2.75) is 13.1 Å². The number of benzene rings is 2. The summed E-state index contributed by atoms with van der Waals surface area (Å²) in [6.07, 6.45) is 1.30. The number of aryl methyl sites for hydroxylation is 1. The molecule has 1 N–H and O–H groups in total. The van der Waals surface area contributed by atoms with Crippen LogP contribution in [0.15, 0.2) is 60.8 Å². The van der Waals surface area contributed by atoms with Crippen molar-refractivity contribution in [3.05, 3.63) is 77.6 Å². The van der Waals surface area contributed by atoms with Crippen molar-refractivity contribution >= 4 is 17.3 Å². The number of hydrogen-bond acceptors (Lipinski definition) is 5.